The van der Waals surface area contributed by atoms with Crippen LogP contribution < -0.4 is 4.74 Å². The van der Waals surface area contributed by atoms with E-state index in [1.165, 1.54) is 23.5 Å². The molecule has 3 heterocycles. The molecule has 4 aromatic rings. The zero-order valence-corrected chi connectivity index (χ0v) is 18.2. The van der Waals surface area contributed by atoms with E-state index in [-0.39, 0.29) is 0 Å². The fourth-order valence-electron chi connectivity index (χ4n) is 2.66. The Bertz CT molecular complexity index is 1080. The lowest BCUT2D eigenvalue weighted by Crippen LogP contribution is -2.03. The Kier molecular flexibility index (Phi) is 6.65. The number of ether oxygens (including phenoxy) is 1. The van der Waals surface area contributed by atoms with Crippen molar-refractivity contribution in [2.45, 2.75) is 29.8 Å². The van der Waals surface area contributed by atoms with Crippen molar-refractivity contribution < 1.29 is 9.15 Å². The van der Waals surface area contributed by atoms with E-state index >= 15 is 0 Å². The Balaban J connectivity index is 1.23. The number of hydrogen-bond donors (Lipinski definition) is 0. The second-order valence-electron chi connectivity index (χ2n) is 6.33. The van der Waals surface area contributed by atoms with Gasteiger partial charge in [0.15, 0.2) is 5.82 Å². The lowest BCUT2D eigenvalue weighted by atomic mass is 10.3. The third kappa shape index (κ3) is 5.39. The highest BCUT2D eigenvalue weighted by molar-refractivity contribution is 7.99. The molecule has 0 saturated heterocycles. The normalized spacial score (nSPS) is 11.0. The van der Waals surface area contributed by atoms with Gasteiger partial charge in [-0.3, -0.25) is 0 Å². The first-order chi connectivity index (χ1) is 14.7. The molecule has 3 aromatic heterocycles. The lowest BCUT2D eigenvalue weighted by Gasteiger charge is -2.03. The summed E-state index contributed by atoms with van der Waals surface area (Å²) in [6.07, 6.45) is 0. The number of rotatable bonds is 9. The summed E-state index contributed by atoms with van der Waals surface area (Å²) in [4.78, 5) is 0. The van der Waals surface area contributed by atoms with Crippen molar-refractivity contribution >= 4 is 23.5 Å². The van der Waals surface area contributed by atoms with Gasteiger partial charge in [-0.25, -0.2) is 4.68 Å². The van der Waals surface area contributed by atoms with Crippen LogP contribution in [0.5, 0.6) is 5.75 Å². The van der Waals surface area contributed by atoms with Gasteiger partial charge in [0.2, 0.25) is 5.89 Å². The van der Waals surface area contributed by atoms with Gasteiger partial charge in [0.1, 0.15) is 10.8 Å². The SMILES string of the molecule is Cc1cc(C)n(-c2ccc(SCc3nnc(SCCOc4ccccc4)o3)nn2)n1. The summed E-state index contributed by atoms with van der Waals surface area (Å²) >= 11 is 2.97. The van der Waals surface area contributed by atoms with Gasteiger partial charge >= 0.3 is 0 Å². The second-order valence-corrected chi connectivity index (χ2v) is 8.37. The van der Waals surface area contributed by atoms with Crippen LogP contribution in [0.4, 0.5) is 0 Å². The molecule has 0 amide bonds. The van der Waals surface area contributed by atoms with Crippen LogP contribution in [0.1, 0.15) is 17.3 Å². The highest BCUT2D eigenvalue weighted by atomic mass is 32.2. The fourth-order valence-corrected chi connectivity index (χ4v) is 3.91. The van der Waals surface area contributed by atoms with E-state index in [0.717, 1.165) is 27.9 Å². The molecule has 4 rings (SSSR count). The number of benzene rings is 1. The predicted molar refractivity (Wildman–Crippen MR) is 115 cm³/mol. The molecule has 154 valence electrons. The minimum Gasteiger partial charge on any atom is -0.493 e. The van der Waals surface area contributed by atoms with Gasteiger partial charge in [0.05, 0.1) is 18.1 Å². The first kappa shape index (κ1) is 20.4. The summed E-state index contributed by atoms with van der Waals surface area (Å²) in [6.45, 7) is 4.51. The maximum Gasteiger partial charge on any atom is 0.276 e. The standard InChI is InChI=1S/C20H20N6O2S2/c1-14-12-15(2)26(25-14)17-8-9-19(23-21-17)30-13-18-22-24-20(28-18)29-11-10-27-16-6-4-3-5-7-16/h3-9,12H,10-11,13H2,1-2H3. The minimum atomic E-state index is 0.530. The summed E-state index contributed by atoms with van der Waals surface area (Å²) in [5.74, 6) is 3.35. The van der Waals surface area contributed by atoms with Gasteiger partial charge in [0.25, 0.3) is 5.22 Å². The molecule has 0 aliphatic rings. The molecule has 0 unspecified atom stereocenters. The van der Waals surface area contributed by atoms with E-state index in [1.54, 1.807) is 4.68 Å². The Morgan fingerprint density at radius 1 is 0.967 bits per heavy atom. The first-order valence-electron chi connectivity index (χ1n) is 9.30. The molecule has 0 atom stereocenters. The van der Waals surface area contributed by atoms with Crippen molar-refractivity contribution in [2.24, 2.45) is 0 Å². The smallest absolute Gasteiger partial charge is 0.276 e. The van der Waals surface area contributed by atoms with Crippen molar-refractivity contribution in [1.29, 1.82) is 0 Å². The Hall–Kier alpha value is -2.85. The van der Waals surface area contributed by atoms with Crippen molar-refractivity contribution in [3.8, 4) is 11.6 Å². The van der Waals surface area contributed by atoms with E-state index in [9.17, 15) is 0 Å². The molecule has 1 aromatic carbocycles. The number of nitrogens with zero attached hydrogens (tertiary/aromatic N) is 6. The third-order valence-corrected chi connectivity index (χ3v) is 5.65. The van der Waals surface area contributed by atoms with Gasteiger partial charge in [-0.2, -0.15) is 5.10 Å². The summed E-state index contributed by atoms with van der Waals surface area (Å²) in [7, 11) is 0. The number of aryl methyl sites for hydroxylation is 2. The quantitative estimate of drug-likeness (QED) is 0.281. The Morgan fingerprint density at radius 2 is 1.83 bits per heavy atom. The first-order valence-corrected chi connectivity index (χ1v) is 11.3. The highest BCUT2D eigenvalue weighted by Gasteiger charge is 2.10. The van der Waals surface area contributed by atoms with Gasteiger partial charge in [0, 0.05) is 11.4 Å². The van der Waals surface area contributed by atoms with Crippen LogP contribution in [0, 0.1) is 13.8 Å². The summed E-state index contributed by atoms with van der Waals surface area (Å²) in [5, 5.41) is 22.4. The van der Waals surface area contributed by atoms with Gasteiger partial charge < -0.3 is 9.15 Å². The lowest BCUT2D eigenvalue weighted by molar-refractivity contribution is 0.343. The molecule has 0 bridgehead atoms. The second kappa shape index (κ2) is 9.77. The molecule has 0 spiro atoms. The zero-order chi connectivity index (χ0) is 20.8. The van der Waals surface area contributed by atoms with Crippen molar-refractivity contribution in [3.05, 3.63) is 65.8 Å². The molecular formula is C20H20N6O2S2. The minimum absolute atomic E-state index is 0.530. The van der Waals surface area contributed by atoms with Crippen LogP contribution in [0.15, 0.2) is 63.2 Å². The number of thioether (sulfide) groups is 2. The fraction of sp³-hybridized carbons (Fsp3) is 0.250. The molecule has 10 heteroatoms. The molecule has 8 nitrogen and oxygen atoms in total. The van der Waals surface area contributed by atoms with Gasteiger partial charge in [-0.1, -0.05) is 41.7 Å². The Labute approximate surface area is 182 Å². The number of hydrogen-bond acceptors (Lipinski definition) is 9. The topological polar surface area (TPSA) is 91.8 Å². The molecule has 0 fully saturated rings. The van der Waals surface area contributed by atoms with Crippen LogP contribution >= 0.6 is 23.5 Å². The average molecular weight is 441 g/mol. The highest BCUT2D eigenvalue weighted by Crippen LogP contribution is 2.23. The van der Waals surface area contributed by atoms with Crippen LogP contribution in [0.25, 0.3) is 5.82 Å². The molecule has 0 aliphatic heterocycles. The van der Waals surface area contributed by atoms with E-state index in [2.05, 4.69) is 25.5 Å². The van der Waals surface area contributed by atoms with Crippen molar-refractivity contribution in [2.75, 3.05) is 12.4 Å². The maximum atomic E-state index is 5.67. The maximum absolute atomic E-state index is 5.67. The summed E-state index contributed by atoms with van der Waals surface area (Å²) in [5.41, 5.74) is 1.97. The molecule has 0 aliphatic carbocycles. The third-order valence-electron chi connectivity index (χ3n) is 3.97. The molecule has 30 heavy (non-hydrogen) atoms. The molecule has 0 N–H and O–H groups in total. The molecule has 0 saturated carbocycles. The monoisotopic (exact) mass is 440 g/mol. The van der Waals surface area contributed by atoms with Crippen LogP contribution in [-0.2, 0) is 5.75 Å². The molecular weight excluding hydrogens is 420 g/mol. The van der Waals surface area contributed by atoms with E-state index in [4.69, 9.17) is 9.15 Å². The number of para-hydroxylation sites is 1. The summed E-state index contributed by atoms with van der Waals surface area (Å²) in [6, 6.07) is 15.5. The van der Waals surface area contributed by atoms with Crippen LogP contribution in [0.3, 0.4) is 0 Å². The van der Waals surface area contributed by atoms with Crippen molar-refractivity contribution in [1.82, 2.24) is 30.2 Å². The average Bonchev–Trinajstić information content (AvgIpc) is 3.36. The Morgan fingerprint density at radius 3 is 2.57 bits per heavy atom. The molecule has 0 radical (unpaired) electrons. The largest absolute Gasteiger partial charge is 0.493 e. The van der Waals surface area contributed by atoms with Crippen LogP contribution in [-0.4, -0.2) is 42.5 Å². The van der Waals surface area contributed by atoms with Crippen molar-refractivity contribution in [3.63, 3.8) is 0 Å². The number of aromatic nitrogens is 6. The van der Waals surface area contributed by atoms with E-state index in [1.807, 2.05) is 62.4 Å². The van der Waals surface area contributed by atoms with E-state index in [0.29, 0.717) is 29.3 Å². The van der Waals surface area contributed by atoms with E-state index < -0.39 is 0 Å². The summed E-state index contributed by atoms with van der Waals surface area (Å²) < 4.78 is 13.1. The van der Waals surface area contributed by atoms with Gasteiger partial charge in [-0.05, 0) is 44.2 Å². The zero-order valence-electron chi connectivity index (χ0n) is 16.6. The predicted octanol–water partition coefficient (Wildman–Crippen LogP) is 4.13. The van der Waals surface area contributed by atoms with Gasteiger partial charge in [-0.15, -0.1) is 20.4 Å². The van der Waals surface area contributed by atoms with Crippen LogP contribution in [0.2, 0.25) is 0 Å².